The van der Waals surface area contributed by atoms with Gasteiger partial charge in [-0.25, -0.2) is 14.4 Å². The minimum atomic E-state index is -2.98. The second kappa shape index (κ2) is 10.4. The molecule has 32 heavy (non-hydrogen) atoms. The summed E-state index contributed by atoms with van der Waals surface area (Å²) < 4.78 is 39.1. The van der Waals surface area contributed by atoms with Gasteiger partial charge in [0.25, 0.3) is 0 Å². The third kappa shape index (κ3) is 5.60. The molecule has 0 radical (unpaired) electrons. The fourth-order valence-electron chi connectivity index (χ4n) is 3.07. The Hall–Kier alpha value is -3.95. The highest BCUT2D eigenvalue weighted by atomic mass is 19.3. The summed E-state index contributed by atoms with van der Waals surface area (Å²) in [5, 5.41) is 5.16. The number of ether oxygens (including phenoxy) is 3. The van der Waals surface area contributed by atoms with Crippen LogP contribution in [0, 0.1) is 0 Å². The van der Waals surface area contributed by atoms with Gasteiger partial charge in [-0.1, -0.05) is 30.3 Å². The smallest absolute Gasteiger partial charge is 0.387 e. The summed E-state index contributed by atoms with van der Waals surface area (Å²) in [6, 6.07) is 12.3. The molecule has 0 aliphatic carbocycles. The van der Waals surface area contributed by atoms with Crippen molar-refractivity contribution in [2.45, 2.75) is 19.6 Å². The number of esters is 2. The van der Waals surface area contributed by atoms with E-state index in [0.717, 1.165) is 0 Å². The molecular formula is C22H20F2N2O6. The van der Waals surface area contributed by atoms with Gasteiger partial charge < -0.3 is 24.8 Å². The lowest BCUT2D eigenvalue weighted by Gasteiger charge is -2.29. The first-order chi connectivity index (χ1) is 15.4. The van der Waals surface area contributed by atoms with Crippen LogP contribution >= 0.6 is 0 Å². The van der Waals surface area contributed by atoms with E-state index < -0.39 is 37.2 Å². The second-order valence-corrected chi connectivity index (χ2v) is 6.53. The highest BCUT2D eigenvalue weighted by Gasteiger charge is 2.34. The maximum Gasteiger partial charge on any atom is 0.387 e. The largest absolute Gasteiger partial charge is 0.463 e. The number of nitrogens with one attached hydrogen (secondary N) is 2. The summed E-state index contributed by atoms with van der Waals surface area (Å²) in [6.45, 7) is -1.65. The molecule has 1 atom stereocenters. The van der Waals surface area contributed by atoms with Crippen LogP contribution in [-0.4, -0.2) is 37.8 Å². The Bertz CT molecular complexity index is 1010. The molecule has 0 unspecified atom stereocenters. The van der Waals surface area contributed by atoms with Crippen LogP contribution in [0.5, 0.6) is 5.75 Å². The fraction of sp³-hybridized carbons (Fsp3) is 0.227. The minimum absolute atomic E-state index is 0.0739. The van der Waals surface area contributed by atoms with E-state index in [4.69, 9.17) is 9.47 Å². The maximum atomic E-state index is 12.7. The predicted octanol–water partition coefficient (Wildman–Crippen LogP) is 3.32. The van der Waals surface area contributed by atoms with Gasteiger partial charge >= 0.3 is 24.6 Å². The Labute approximate surface area is 182 Å². The van der Waals surface area contributed by atoms with Crippen molar-refractivity contribution in [2.75, 3.05) is 13.2 Å². The minimum Gasteiger partial charge on any atom is -0.463 e. The molecule has 1 aliphatic rings. The van der Waals surface area contributed by atoms with Crippen molar-refractivity contribution < 1.29 is 37.4 Å². The van der Waals surface area contributed by atoms with Crippen LogP contribution in [0.1, 0.15) is 28.9 Å². The zero-order valence-electron chi connectivity index (χ0n) is 17.0. The SMILES string of the molecule is CCOC(=O)C1=C(COC(=O)c2ccc(OC(F)F)cc2)NC(=O)N[C@H]1c1ccccc1. The number of hydrogen-bond donors (Lipinski definition) is 2. The van der Waals surface area contributed by atoms with Gasteiger partial charge in [-0.05, 0) is 36.8 Å². The molecule has 168 valence electrons. The van der Waals surface area contributed by atoms with Crippen molar-refractivity contribution in [3.63, 3.8) is 0 Å². The van der Waals surface area contributed by atoms with Crippen LogP contribution in [0.3, 0.4) is 0 Å². The van der Waals surface area contributed by atoms with Gasteiger partial charge in [0.1, 0.15) is 12.4 Å². The summed E-state index contributed by atoms with van der Waals surface area (Å²) >= 11 is 0. The molecule has 2 aromatic carbocycles. The van der Waals surface area contributed by atoms with Crippen LogP contribution < -0.4 is 15.4 Å². The highest BCUT2D eigenvalue weighted by Crippen LogP contribution is 2.28. The Morgan fingerprint density at radius 3 is 2.31 bits per heavy atom. The second-order valence-electron chi connectivity index (χ2n) is 6.53. The van der Waals surface area contributed by atoms with E-state index in [9.17, 15) is 23.2 Å². The van der Waals surface area contributed by atoms with Crippen LogP contribution in [0.25, 0.3) is 0 Å². The van der Waals surface area contributed by atoms with Crippen molar-refractivity contribution in [3.8, 4) is 5.75 Å². The molecule has 1 heterocycles. The lowest BCUT2D eigenvalue weighted by atomic mass is 9.95. The van der Waals surface area contributed by atoms with E-state index in [2.05, 4.69) is 15.4 Å². The van der Waals surface area contributed by atoms with Gasteiger partial charge in [0.2, 0.25) is 0 Å². The number of carbonyl (C=O) groups excluding carboxylic acids is 3. The number of benzene rings is 2. The monoisotopic (exact) mass is 446 g/mol. The van der Waals surface area contributed by atoms with E-state index in [1.54, 1.807) is 37.3 Å². The van der Waals surface area contributed by atoms with Crippen LogP contribution in [0.15, 0.2) is 65.9 Å². The van der Waals surface area contributed by atoms with Gasteiger partial charge in [-0.3, -0.25) is 0 Å². The molecule has 0 saturated carbocycles. The average molecular weight is 446 g/mol. The first kappa shape index (κ1) is 22.7. The molecule has 0 spiro atoms. The molecule has 10 heteroatoms. The summed E-state index contributed by atoms with van der Waals surface area (Å²) in [7, 11) is 0. The van der Waals surface area contributed by atoms with Gasteiger partial charge in [0.15, 0.2) is 0 Å². The van der Waals surface area contributed by atoms with Gasteiger partial charge in [0.05, 0.1) is 29.5 Å². The summed E-state index contributed by atoms with van der Waals surface area (Å²) in [5.74, 6) is -1.57. The van der Waals surface area contributed by atoms with E-state index in [0.29, 0.717) is 5.56 Å². The van der Waals surface area contributed by atoms with Crippen molar-refractivity contribution >= 4 is 18.0 Å². The standard InChI is InChI=1S/C22H20F2N2O6/c1-2-30-20(28)17-16(25-22(29)26-18(17)13-6-4-3-5-7-13)12-31-19(27)14-8-10-15(11-9-14)32-21(23)24/h3-11,18,21H,2,12H2,1H3,(H2,25,26,29)/t18-/m0/s1. The van der Waals surface area contributed by atoms with Crippen molar-refractivity contribution in [1.82, 2.24) is 10.6 Å². The molecule has 0 saturated heterocycles. The molecule has 8 nitrogen and oxygen atoms in total. The Kier molecular flexibility index (Phi) is 7.37. The summed E-state index contributed by atoms with van der Waals surface area (Å²) in [6.07, 6.45) is 0. The summed E-state index contributed by atoms with van der Waals surface area (Å²) in [5.41, 5.74) is 0.895. The predicted molar refractivity (Wildman–Crippen MR) is 108 cm³/mol. The van der Waals surface area contributed by atoms with E-state index >= 15 is 0 Å². The lowest BCUT2D eigenvalue weighted by Crippen LogP contribution is -2.47. The Balaban J connectivity index is 1.82. The number of rotatable bonds is 8. The lowest BCUT2D eigenvalue weighted by molar-refractivity contribution is -0.139. The van der Waals surface area contributed by atoms with E-state index in [1.807, 2.05) is 0 Å². The number of carbonyl (C=O) groups is 3. The fourth-order valence-corrected chi connectivity index (χ4v) is 3.07. The molecule has 3 rings (SSSR count). The first-order valence-corrected chi connectivity index (χ1v) is 9.63. The van der Waals surface area contributed by atoms with E-state index in [1.165, 1.54) is 24.3 Å². The molecule has 2 aromatic rings. The Morgan fingerprint density at radius 1 is 1.00 bits per heavy atom. The third-order valence-corrected chi connectivity index (χ3v) is 4.44. The molecule has 0 bridgehead atoms. The average Bonchev–Trinajstić information content (AvgIpc) is 2.78. The number of halogens is 2. The first-order valence-electron chi connectivity index (χ1n) is 9.63. The maximum absolute atomic E-state index is 12.7. The molecule has 2 N–H and O–H groups in total. The number of amides is 2. The summed E-state index contributed by atoms with van der Waals surface area (Å²) in [4.78, 5) is 37.2. The molecular weight excluding hydrogens is 426 g/mol. The zero-order chi connectivity index (χ0) is 23.1. The van der Waals surface area contributed by atoms with Gasteiger partial charge in [-0.15, -0.1) is 0 Å². The topological polar surface area (TPSA) is 103 Å². The van der Waals surface area contributed by atoms with Crippen LogP contribution in [-0.2, 0) is 14.3 Å². The van der Waals surface area contributed by atoms with Crippen molar-refractivity contribution in [1.29, 1.82) is 0 Å². The highest BCUT2D eigenvalue weighted by molar-refractivity contribution is 5.95. The molecule has 0 fully saturated rings. The Morgan fingerprint density at radius 2 is 1.69 bits per heavy atom. The third-order valence-electron chi connectivity index (χ3n) is 4.44. The van der Waals surface area contributed by atoms with Crippen LogP contribution in [0.4, 0.5) is 13.6 Å². The molecule has 1 aliphatic heterocycles. The number of urea groups is 1. The van der Waals surface area contributed by atoms with E-state index in [-0.39, 0.29) is 29.2 Å². The quantitative estimate of drug-likeness (QED) is 0.603. The number of hydrogen-bond acceptors (Lipinski definition) is 6. The van der Waals surface area contributed by atoms with Crippen molar-refractivity contribution in [2.24, 2.45) is 0 Å². The van der Waals surface area contributed by atoms with Gasteiger partial charge in [-0.2, -0.15) is 8.78 Å². The number of alkyl halides is 2. The van der Waals surface area contributed by atoms with Crippen molar-refractivity contribution in [3.05, 3.63) is 77.0 Å². The normalized spacial score (nSPS) is 15.6. The zero-order valence-corrected chi connectivity index (χ0v) is 17.0. The van der Waals surface area contributed by atoms with Gasteiger partial charge in [0, 0.05) is 0 Å². The molecule has 0 aromatic heterocycles. The molecule has 2 amide bonds. The van der Waals surface area contributed by atoms with Crippen LogP contribution in [0.2, 0.25) is 0 Å².